The van der Waals surface area contributed by atoms with E-state index in [9.17, 15) is 18.7 Å². The Bertz CT molecular complexity index is 483. The van der Waals surface area contributed by atoms with E-state index in [1.807, 2.05) is 6.07 Å². The lowest BCUT2D eigenvalue weighted by atomic mass is 9.95. The number of carbonyl (C=O) groups is 1. The van der Waals surface area contributed by atoms with Gasteiger partial charge in [-0.25, -0.2) is 13.6 Å². The average molecular weight is 330 g/mol. The number of hydrogen-bond donors (Lipinski definition) is 3. The van der Waals surface area contributed by atoms with Crippen molar-refractivity contribution in [2.24, 2.45) is 11.7 Å². The van der Waals surface area contributed by atoms with E-state index in [0.29, 0.717) is 0 Å². The number of aliphatic hydroxyl groups is 1. The van der Waals surface area contributed by atoms with Crippen molar-refractivity contribution in [1.82, 2.24) is 5.32 Å². The normalized spacial score (nSPS) is 14.4. The van der Waals surface area contributed by atoms with Crippen LogP contribution in [0.1, 0.15) is 25.8 Å². The highest BCUT2D eigenvalue weighted by molar-refractivity contribution is 5.67. The van der Waals surface area contributed by atoms with Gasteiger partial charge in [0.15, 0.2) is 0 Å². The molecular formula is C16H24F2N2O3. The molecule has 0 bridgehead atoms. The van der Waals surface area contributed by atoms with Crippen LogP contribution in [-0.4, -0.2) is 35.8 Å². The van der Waals surface area contributed by atoms with E-state index in [4.69, 9.17) is 10.5 Å². The molecule has 1 amide bonds. The number of benzene rings is 1. The number of carbonyl (C=O) groups excluding carboxylic acids is 1. The summed E-state index contributed by atoms with van der Waals surface area (Å²) in [6.07, 6.45) is -2.75. The first-order valence-corrected chi connectivity index (χ1v) is 7.49. The highest BCUT2D eigenvalue weighted by Crippen LogP contribution is 2.23. The van der Waals surface area contributed by atoms with Gasteiger partial charge in [0.2, 0.25) is 0 Å². The van der Waals surface area contributed by atoms with Gasteiger partial charge in [-0.05, 0) is 17.9 Å². The topological polar surface area (TPSA) is 84.6 Å². The van der Waals surface area contributed by atoms with Crippen molar-refractivity contribution in [2.75, 3.05) is 6.54 Å². The average Bonchev–Trinajstić information content (AvgIpc) is 2.52. The van der Waals surface area contributed by atoms with E-state index >= 15 is 0 Å². The number of amides is 1. The van der Waals surface area contributed by atoms with Gasteiger partial charge in [-0.1, -0.05) is 44.2 Å². The van der Waals surface area contributed by atoms with Gasteiger partial charge in [0.1, 0.15) is 12.7 Å². The van der Waals surface area contributed by atoms with Gasteiger partial charge in [-0.15, -0.1) is 0 Å². The molecule has 0 saturated carbocycles. The van der Waals surface area contributed by atoms with Crippen LogP contribution >= 0.6 is 0 Å². The Morgan fingerprint density at radius 2 is 1.96 bits per heavy atom. The van der Waals surface area contributed by atoms with Crippen LogP contribution in [0.5, 0.6) is 0 Å². The van der Waals surface area contributed by atoms with Crippen molar-refractivity contribution >= 4 is 6.09 Å². The maximum atomic E-state index is 13.6. The lowest BCUT2D eigenvalue weighted by Crippen LogP contribution is -2.54. The van der Waals surface area contributed by atoms with Crippen LogP contribution in [0.3, 0.4) is 0 Å². The lowest BCUT2D eigenvalue weighted by Gasteiger charge is -2.30. The van der Waals surface area contributed by atoms with Crippen LogP contribution in [0, 0.1) is 5.92 Å². The third kappa shape index (κ3) is 6.50. The van der Waals surface area contributed by atoms with Crippen LogP contribution in [0.4, 0.5) is 13.6 Å². The van der Waals surface area contributed by atoms with E-state index in [2.05, 4.69) is 5.32 Å². The Labute approximate surface area is 134 Å². The maximum absolute atomic E-state index is 13.6. The number of hydrogen-bond acceptors (Lipinski definition) is 4. The Morgan fingerprint density at radius 1 is 1.35 bits per heavy atom. The molecule has 1 aromatic rings. The van der Waals surface area contributed by atoms with Crippen LogP contribution in [0.15, 0.2) is 30.3 Å². The summed E-state index contributed by atoms with van der Waals surface area (Å²) in [5, 5.41) is 12.1. The third-order valence-corrected chi connectivity index (χ3v) is 3.33. The molecule has 0 heterocycles. The minimum atomic E-state index is -3.48. The summed E-state index contributed by atoms with van der Waals surface area (Å²) < 4.78 is 32.2. The molecule has 1 aromatic carbocycles. The second-order valence-electron chi connectivity index (χ2n) is 5.85. The van der Waals surface area contributed by atoms with Crippen molar-refractivity contribution in [3.05, 3.63) is 35.9 Å². The number of alkyl carbamates (subject to hydrolysis) is 1. The zero-order valence-corrected chi connectivity index (χ0v) is 13.3. The molecule has 4 N–H and O–H groups in total. The second kappa shape index (κ2) is 8.79. The molecule has 0 aliphatic heterocycles. The molecule has 5 nitrogen and oxygen atoms in total. The first kappa shape index (κ1) is 19.3. The van der Waals surface area contributed by atoms with Gasteiger partial charge in [0.25, 0.3) is 5.92 Å². The van der Waals surface area contributed by atoms with Crippen molar-refractivity contribution in [3.63, 3.8) is 0 Å². The molecule has 0 spiro atoms. The Morgan fingerprint density at radius 3 is 2.48 bits per heavy atom. The van der Waals surface area contributed by atoms with Gasteiger partial charge < -0.3 is 20.9 Å². The molecule has 1 rings (SSSR count). The van der Waals surface area contributed by atoms with E-state index in [1.54, 1.807) is 38.1 Å². The molecule has 2 unspecified atom stereocenters. The molecule has 7 heteroatoms. The SMILES string of the molecule is CC(C)CC(NC(=O)OCc1ccccc1)C(O)C(F)(F)CN. The molecule has 0 radical (unpaired) electrons. The molecule has 2 atom stereocenters. The van der Waals surface area contributed by atoms with Crippen LogP contribution in [0.2, 0.25) is 0 Å². The Balaban J connectivity index is 2.63. The largest absolute Gasteiger partial charge is 0.445 e. The molecule has 0 aliphatic rings. The predicted octanol–water partition coefficient (Wildman–Crippen LogP) is 2.28. The lowest BCUT2D eigenvalue weighted by molar-refractivity contribution is -0.115. The quantitative estimate of drug-likeness (QED) is 0.683. The Kier molecular flexibility index (Phi) is 7.38. The molecule has 0 aromatic heterocycles. The molecule has 0 saturated heterocycles. The van der Waals surface area contributed by atoms with Crippen molar-refractivity contribution < 1.29 is 23.4 Å². The number of ether oxygens (including phenoxy) is 1. The zero-order chi connectivity index (χ0) is 17.5. The van der Waals surface area contributed by atoms with E-state index < -0.39 is 30.7 Å². The van der Waals surface area contributed by atoms with Gasteiger partial charge in [0.05, 0.1) is 12.6 Å². The van der Waals surface area contributed by atoms with E-state index in [1.165, 1.54) is 0 Å². The number of nitrogens with one attached hydrogen (secondary N) is 1. The summed E-state index contributed by atoms with van der Waals surface area (Å²) in [6, 6.07) is 7.82. The van der Waals surface area contributed by atoms with Gasteiger partial charge in [0, 0.05) is 0 Å². The standard InChI is InChI=1S/C16H24F2N2O3/c1-11(2)8-13(14(21)16(17,18)10-19)20-15(22)23-9-12-6-4-3-5-7-12/h3-7,11,13-14,21H,8-10,19H2,1-2H3,(H,20,22). The van der Waals surface area contributed by atoms with Crippen LogP contribution < -0.4 is 11.1 Å². The summed E-state index contributed by atoms with van der Waals surface area (Å²) >= 11 is 0. The summed E-state index contributed by atoms with van der Waals surface area (Å²) in [7, 11) is 0. The molecule has 0 aliphatic carbocycles. The third-order valence-electron chi connectivity index (χ3n) is 3.33. The molecule has 0 fully saturated rings. The van der Waals surface area contributed by atoms with Crippen molar-refractivity contribution in [2.45, 2.75) is 44.9 Å². The predicted molar refractivity (Wildman–Crippen MR) is 83.0 cm³/mol. The zero-order valence-electron chi connectivity index (χ0n) is 13.3. The first-order chi connectivity index (χ1) is 10.8. The maximum Gasteiger partial charge on any atom is 0.407 e. The summed E-state index contributed by atoms with van der Waals surface area (Å²) in [6.45, 7) is 2.63. The minimum absolute atomic E-state index is 0.00218. The first-order valence-electron chi connectivity index (χ1n) is 7.49. The Hall–Kier alpha value is -1.73. The highest BCUT2D eigenvalue weighted by atomic mass is 19.3. The summed E-state index contributed by atoms with van der Waals surface area (Å²) in [4.78, 5) is 11.8. The van der Waals surface area contributed by atoms with Gasteiger partial charge in [-0.2, -0.15) is 0 Å². The van der Waals surface area contributed by atoms with Crippen LogP contribution in [-0.2, 0) is 11.3 Å². The number of alkyl halides is 2. The summed E-state index contributed by atoms with van der Waals surface area (Å²) in [5.74, 6) is -3.48. The fraction of sp³-hybridized carbons (Fsp3) is 0.562. The van der Waals surface area contributed by atoms with Crippen molar-refractivity contribution in [1.29, 1.82) is 0 Å². The molecule has 130 valence electrons. The summed E-state index contributed by atoms with van der Waals surface area (Å²) in [5.41, 5.74) is 5.76. The highest BCUT2D eigenvalue weighted by Gasteiger charge is 2.42. The number of nitrogens with two attached hydrogens (primary N) is 1. The fourth-order valence-corrected chi connectivity index (χ4v) is 2.11. The minimum Gasteiger partial charge on any atom is -0.445 e. The second-order valence-corrected chi connectivity index (χ2v) is 5.85. The number of halogens is 2. The van der Waals surface area contributed by atoms with Crippen LogP contribution in [0.25, 0.3) is 0 Å². The van der Waals surface area contributed by atoms with Crippen molar-refractivity contribution in [3.8, 4) is 0 Å². The fourth-order valence-electron chi connectivity index (χ4n) is 2.11. The van der Waals surface area contributed by atoms with Gasteiger partial charge in [-0.3, -0.25) is 0 Å². The van der Waals surface area contributed by atoms with Gasteiger partial charge >= 0.3 is 6.09 Å². The number of aliphatic hydroxyl groups excluding tert-OH is 1. The monoisotopic (exact) mass is 330 g/mol. The molecular weight excluding hydrogens is 306 g/mol. The van der Waals surface area contributed by atoms with E-state index in [-0.39, 0.29) is 18.9 Å². The number of rotatable bonds is 8. The van der Waals surface area contributed by atoms with E-state index in [0.717, 1.165) is 5.56 Å². The molecule has 23 heavy (non-hydrogen) atoms. The smallest absolute Gasteiger partial charge is 0.407 e.